The molecule has 1 fully saturated rings. The number of carboxylic acids is 1. The van der Waals surface area contributed by atoms with E-state index in [1.54, 1.807) is 18.3 Å². The van der Waals surface area contributed by atoms with Crippen LogP contribution in [-0.2, 0) is 28.7 Å². The molecule has 302 valence electrons. The number of aliphatic imine (C=N–C) groups is 1. The minimum absolute atomic E-state index is 0.0243. The molecule has 1 saturated heterocycles. The summed E-state index contributed by atoms with van der Waals surface area (Å²) in [6.45, 7) is 3.91. The summed E-state index contributed by atoms with van der Waals surface area (Å²) in [7, 11) is 0. The van der Waals surface area contributed by atoms with Crippen molar-refractivity contribution in [3.8, 4) is 22.6 Å². The molecule has 17 nitrogen and oxygen atoms in total. The highest BCUT2D eigenvalue weighted by Gasteiger charge is 2.53. The number of phenols is 1. The van der Waals surface area contributed by atoms with Crippen molar-refractivity contribution in [2.24, 2.45) is 4.99 Å². The third kappa shape index (κ3) is 8.18. The van der Waals surface area contributed by atoms with Crippen LogP contribution in [-0.4, -0.2) is 101 Å². The maximum Gasteiger partial charge on any atom is 0.331 e. The van der Waals surface area contributed by atoms with Crippen molar-refractivity contribution in [1.82, 2.24) is 5.32 Å². The molecule has 0 amide bonds. The molecule has 0 aliphatic carbocycles. The number of benzene rings is 3. The first-order valence-electron chi connectivity index (χ1n) is 18.2. The van der Waals surface area contributed by atoms with Gasteiger partial charge in [0.15, 0.2) is 17.2 Å². The number of fused-ring (bicyclic) bond motifs is 2. The highest BCUT2D eigenvalue weighted by atomic mass is 16.8. The zero-order chi connectivity index (χ0) is 41.2. The van der Waals surface area contributed by atoms with Gasteiger partial charge in [0.1, 0.15) is 60.1 Å². The number of phenolic OH excluding ortho intramolecular Hbond substituents is 1. The lowest BCUT2D eigenvalue weighted by molar-refractivity contribution is -1.04. The maximum atomic E-state index is 13.5. The second-order valence-electron chi connectivity index (χ2n) is 14.0. The predicted octanol–water partition coefficient (Wildman–Crippen LogP) is -0.655. The van der Waals surface area contributed by atoms with Crippen molar-refractivity contribution in [1.29, 1.82) is 0 Å². The van der Waals surface area contributed by atoms with Crippen LogP contribution in [0.2, 0.25) is 0 Å². The van der Waals surface area contributed by atoms with Crippen LogP contribution in [0.15, 0.2) is 98.5 Å². The van der Waals surface area contributed by atoms with Crippen LogP contribution >= 0.6 is 0 Å². The molecule has 0 spiro atoms. The Morgan fingerprint density at radius 3 is 2.50 bits per heavy atom. The number of quaternary nitrogens is 1. The summed E-state index contributed by atoms with van der Waals surface area (Å²) in [5, 5.41) is 58.2. The highest BCUT2D eigenvalue weighted by molar-refractivity contribution is 5.97. The minimum Gasteiger partial charge on any atom is -0.548 e. The van der Waals surface area contributed by atoms with Gasteiger partial charge in [-0.15, -0.1) is 0 Å². The molecule has 1 aromatic heterocycles. The van der Waals surface area contributed by atoms with Gasteiger partial charge >= 0.3 is 5.97 Å². The van der Waals surface area contributed by atoms with Crippen LogP contribution in [0.25, 0.3) is 27.8 Å². The highest BCUT2D eigenvalue weighted by Crippen LogP contribution is 2.33. The van der Waals surface area contributed by atoms with Crippen molar-refractivity contribution >= 4 is 41.1 Å². The molecular formula is C41H39N3O14. The number of carbonyl (C=O) groups is 3. The fraction of sp³-hybridized carbons (Fsp3) is 0.293. The SMILES string of the molecule is Cc1cc(C)cc(C2=C3N=CC=C3C[NH+]2OC2C(Oc3ccc4c(=O)c(-c5ccc(O)cc5)coc4c3)OC(C(O)OC(=O)C(NCCC=O)C(=O)[O-])C(O)C2O)c1. The van der Waals surface area contributed by atoms with Gasteiger partial charge in [-0.25, -0.2) is 9.79 Å². The van der Waals surface area contributed by atoms with Gasteiger partial charge in [0.25, 0.3) is 0 Å². The van der Waals surface area contributed by atoms with E-state index >= 15 is 0 Å². The fourth-order valence-corrected chi connectivity index (χ4v) is 7.08. The first-order chi connectivity index (χ1) is 27.8. The average molecular weight is 798 g/mol. The second-order valence-corrected chi connectivity index (χ2v) is 14.0. The Hall–Kier alpha value is -6.05. The number of nitrogens with zero attached hydrogens (tertiary/aromatic N) is 1. The number of aromatic hydroxyl groups is 1. The predicted molar refractivity (Wildman–Crippen MR) is 201 cm³/mol. The van der Waals surface area contributed by atoms with Gasteiger partial charge in [-0.05, 0) is 61.9 Å². The zero-order valence-corrected chi connectivity index (χ0v) is 31.1. The van der Waals surface area contributed by atoms with E-state index in [1.165, 1.54) is 36.6 Å². The van der Waals surface area contributed by atoms with Crippen LogP contribution in [0.3, 0.4) is 0 Å². The number of aryl methyl sites for hydroxylation is 2. The van der Waals surface area contributed by atoms with Crippen LogP contribution in [0.5, 0.6) is 11.5 Å². The van der Waals surface area contributed by atoms with E-state index in [4.69, 9.17) is 23.5 Å². The van der Waals surface area contributed by atoms with Crippen molar-refractivity contribution in [3.05, 3.63) is 111 Å². The van der Waals surface area contributed by atoms with E-state index in [1.807, 2.05) is 38.1 Å². The number of aliphatic hydroxyl groups is 3. The monoisotopic (exact) mass is 797 g/mol. The molecule has 58 heavy (non-hydrogen) atoms. The zero-order valence-electron chi connectivity index (χ0n) is 31.1. The number of rotatable bonds is 14. The summed E-state index contributed by atoms with van der Waals surface area (Å²) in [5.41, 5.74) is 5.34. The van der Waals surface area contributed by atoms with Crippen LogP contribution < -0.4 is 25.7 Å². The molecule has 6 N–H and O–H groups in total. The van der Waals surface area contributed by atoms with Gasteiger partial charge in [0.2, 0.25) is 18.7 Å². The van der Waals surface area contributed by atoms with Crippen molar-refractivity contribution in [3.63, 3.8) is 0 Å². The lowest BCUT2D eigenvalue weighted by Crippen LogP contribution is -3.08. The Morgan fingerprint density at radius 1 is 1.05 bits per heavy atom. The van der Waals surface area contributed by atoms with Gasteiger partial charge in [-0.2, -0.15) is 9.90 Å². The van der Waals surface area contributed by atoms with Gasteiger partial charge in [-0.1, -0.05) is 29.3 Å². The quantitative estimate of drug-likeness (QED) is 0.0305. The molecule has 8 atom stereocenters. The topological polar surface area (TPSA) is 251 Å². The first kappa shape index (κ1) is 40.2. The Balaban J connectivity index is 1.20. The molecule has 4 heterocycles. The van der Waals surface area contributed by atoms with Crippen molar-refractivity contribution < 1.29 is 68.4 Å². The number of nitrogens with one attached hydrogen (secondary N) is 2. The summed E-state index contributed by atoms with van der Waals surface area (Å²) in [6.07, 6.45) is -6.26. The van der Waals surface area contributed by atoms with E-state index < -0.39 is 55.0 Å². The third-order valence-electron chi connectivity index (χ3n) is 9.80. The Kier molecular flexibility index (Phi) is 11.6. The van der Waals surface area contributed by atoms with Crippen molar-refractivity contribution in [2.75, 3.05) is 13.1 Å². The molecule has 3 aliphatic rings. The molecule has 17 heteroatoms. The number of hydrogen-bond acceptors (Lipinski definition) is 16. The summed E-state index contributed by atoms with van der Waals surface area (Å²) in [5.74, 6) is -3.38. The number of ether oxygens (including phenoxy) is 3. The Bertz CT molecular complexity index is 2370. The van der Waals surface area contributed by atoms with E-state index in [0.717, 1.165) is 22.3 Å². The normalized spacial score (nSPS) is 23.6. The number of carboxylic acid groups (broad SMARTS) is 1. The Labute approximate surface area is 329 Å². The second kappa shape index (κ2) is 16.8. The van der Waals surface area contributed by atoms with E-state index in [0.29, 0.717) is 28.3 Å². The first-order valence-corrected chi connectivity index (χ1v) is 18.2. The number of esters is 1. The molecule has 7 rings (SSSR count). The molecular weight excluding hydrogens is 758 g/mol. The summed E-state index contributed by atoms with van der Waals surface area (Å²) < 4.78 is 23.0. The van der Waals surface area contributed by atoms with Crippen molar-refractivity contribution in [2.45, 2.75) is 63.3 Å². The lowest BCUT2D eigenvalue weighted by atomic mass is 9.98. The average Bonchev–Trinajstić information content (AvgIpc) is 3.77. The number of aliphatic hydroxyl groups excluding tert-OH is 3. The largest absolute Gasteiger partial charge is 0.548 e. The molecule has 4 aromatic rings. The lowest BCUT2D eigenvalue weighted by Gasteiger charge is -2.42. The number of aldehydes is 1. The van der Waals surface area contributed by atoms with Gasteiger partial charge in [0, 0.05) is 36.4 Å². The van der Waals surface area contributed by atoms with Gasteiger partial charge in [0.05, 0.1) is 16.9 Å². The van der Waals surface area contributed by atoms with Gasteiger partial charge in [-0.3, -0.25) is 10.1 Å². The van der Waals surface area contributed by atoms with E-state index in [9.17, 15) is 44.7 Å². The number of hydrogen-bond donors (Lipinski definition) is 6. The summed E-state index contributed by atoms with van der Waals surface area (Å²) in [4.78, 5) is 59.7. The molecule has 3 aromatic carbocycles. The minimum atomic E-state index is -2.36. The number of carbonyl (C=O) groups excluding carboxylic acids is 3. The smallest absolute Gasteiger partial charge is 0.331 e. The molecule has 0 saturated carbocycles. The van der Waals surface area contributed by atoms with E-state index in [-0.39, 0.29) is 53.0 Å². The maximum absolute atomic E-state index is 13.5. The summed E-state index contributed by atoms with van der Waals surface area (Å²) in [6, 6.07) is 14.1. The number of aliphatic carboxylic acids is 1. The van der Waals surface area contributed by atoms with Crippen LogP contribution in [0, 0.1) is 13.8 Å². The molecule has 8 unspecified atom stereocenters. The standard InChI is InChI=1S/C41H39N3O14/c1-20-14-21(2)16-24(15-20)32-30-23(10-12-43-30)18-44(32)58-37-35(49)34(48)36(40(53)57-39(52)31(38(50)51)42-11-3-13-45)56-41(37)55-26-8-9-27-29(17-26)54-19-28(33(27)47)22-4-6-25(46)7-5-22/h4-10,12-17,19,31,34-37,40-42,46,48-49,53H,3,11,18H2,1-2H3,(H,50,51). The fourth-order valence-electron chi connectivity index (χ4n) is 7.08. The van der Waals surface area contributed by atoms with Gasteiger partial charge < -0.3 is 53.7 Å². The molecule has 3 aliphatic heterocycles. The third-order valence-corrected chi connectivity index (χ3v) is 9.80. The van der Waals surface area contributed by atoms with E-state index in [2.05, 4.69) is 10.3 Å². The van der Waals surface area contributed by atoms with Crippen LogP contribution in [0.4, 0.5) is 0 Å². The molecule has 0 radical (unpaired) electrons. The van der Waals surface area contributed by atoms with Crippen LogP contribution in [0.1, 0.15) is 23.1 Å². The number of allylic oxidation sites excluding steroid dienone is 1. The number of hydroxylamine groups is 2. The summed E-state index contributed by atoms with van der Waals surface area (Å²) >= 11 is 0. The molecule has 0 bridgehead atoms. The Morgan fingerprint density at radius 2 is 1.79 bits per heavy atom.